The minimum atomic E-state index is -0.299. The van der Waals surface area contributed by atoms with E-state index < -0.39 is 0 Å². The molecule has 1 fully saturated rings. The smallest absolute Gasteiger partial charge is 0.267 e. The highest BCUT2D eigenvalue weighted by Crippen LogP contribution is 2.32. The fraction of sp³-hybridized carbons (Fsp3) is 0.227. The molecule has 2 heterocycles. The van der Waals surface area contributed by atoms with E-state index in [9.17, 15) is 9.59 Å². The maximum atomic E-state index is 12.8. The van der Waals surface area contributed by atoms with E-state index in [0.29, 0.717) is 41.9 Å². The molecule has 1 saturated heterocycles. The molecular formula is C22H20Cl2N4O2. The summed E-state index contributed by atoms with van der Waals surface area (Å²) in [6.45, 7) is 2.26. The molecule has 1 amide bonds. The zero-order chi connectivity index (χ0) is 21.1. The predicted molar refractivity (Wildman–Crippen MR) is 119 cm³/mol. The van der Waals surface area contributed by atoms with Gasteiger partial charge in [0, 0.05) is 37.8 Å². The number of piperazine rings is 1. The van der Waals surface area contributed by atoms with Crippen LogP contribution in [0.1, 0.15) is 0 Å². The second-order valence-electron chi connectivity index (χ2n) is 7.02. The van der Waals surface area contributed by atoms with Crippen molar-refractivity contribution in [2.24, 2.45) is 0 Å². The molecule has 2 aromatic carbocycles. The Morgan fingerprint density at radius 1 is 0.900 bits per heavy atom. The molecule has 30 heavy (non-hydrogen) atoms. The molecule has 0 radical (unpaired) electrons. The topological polar surface area (TPSA) is 58.4 Å². The number of benzene rings is 2. The normalized spacial score (nSPS) is 14.1. The van der Waals surface area contributed by atoms with Gasteiger partial charge in [-0.2, -0.15) is 5.10 Å². The van der Waals surface area contributed by atoms with Gasteiger partial charge in [-0.3, -0.25) is 9.59 Å². The van der Waals surface area contributed by atoms with Gasteiger partial charge in [-0.25, -0.2) is 4.68 Å². The van der Waals surface area contributed by atoms with Crippen LogP contribution in [-0.2, 0) is 11.3 Å². The number of rotatable bonds is 4. The standard InChI is InChI=1S/C22H20Cl2N4O2/c23-17-7-4-8-19(22(17)24)26-11-13-27(14-12-26)21(30)15-28-20(29)10-9-18(25-28)16-5-2-1-3-6-16/h1-10H,11-15H2. The first-order valence-electron chi connectivity index (χ1n) is 9.63. The lowest BCUT2D eigenvalue weighted by molar-refractivity contribution is -0.132. The molecule has 0 bridgehead atoms. The molecule has 8 heteroatoms. The Kier molecular flexibility index (Phi) is 6.06. The lowest BCUT2D eigenvalue weighted by Crippen LogP contribution is -2.50. The highest BCUT2D eigenvalue weighted by Gasteiger charge is 2.23. The van der Waals surface area contributed by atoms with Crippen molar-refractivity contribution in [1.29, 1.82) is 0 Å². The zero-order valence-corrected chi connectivity index (χ0v) is 17.7. The number of amides is 1. The van der Waals surface area contributed by atoms with Crippen LogP contribution in [-0.4, -0.2) is 46.8 Å². The summed E-state index contributed by atoms with van der Waals surface area (Å²) < 4.78 is 1.23. The molecule has 6 nitrogen and oxygen atoms in total. The van der Waals surface area contributed by atoms with Crippen LogP contribution in [0, 0.1) is 0 Å². The molecule has 1 aliphatic rings. The van der Waals surface area contributed by atoms with Gasteiger partial charge in [0.05, 0.1) is 21.4 Å². The summed E-state index contributed by atoms with van der Waals surface area (Å²) in [7, 11) is 0. The molecule has 0 spiro atoms. The third-order valence-corrected chi connectivity index (χ3v) is 5.93. The van der Waals surface area contributed by atoms with E-state index >= 15 is 0 Å². The van der Waals surface area contributed by atoms with E-state index in [1.165, 1.54) is 10.7 Å². The van der Waals surface area contributed by atoms with Crippen LogP contribution < -0.4 is 10.5 Å². The molecule has 0 saturated carbocycles. The minimum Gasteiger partial charge on any atom is -0.367 e. The van der Waals surface area contributed by atoms with E-state index in [1.54, 1.807) is 17.0 Å². The number of hydrogen-bond donors (Lipinski definition) is 0. The summed E-state index contributed by atoms with van der Waals surface area (Å²) in [6, 6.07) is 18.2. The lowest BCUT2D eigenvalue weighted by Gasteiger charge is -2.36. The predicted octanol–water partition coefficient (Wildman–Crippen LogP) is 3.57. The maximum absolute atomic E-state index is 12.8. The first kappa shape index (κ1) is 20.4. The Hall–Kier alpha value is -2.83. The highest BCUT2D eigenvalue weighted by molar-refractivity contribution is 6.43. The van der Waals surface area contributed by atoms with Gasteiger partial charge < -0.3 is 9.80 Å². The monoisotopic (exact) mass is 442 g/mol. The summed E-state index contributed by atoms with van der Waals surface area (Å²) in [5, 5.41) is 5.41. The molecule has 1 aromatic heterocycles. The van der Waals surface area contributed by atoms with Crippen molar-refractivity contribution in [3.63, 3.8) is 0 Å². The molecule has 3 aromatic rings. The zero-order valence-electron chi connectivity index (χ0n) is 16.2. The van der Waals surface area contributed by atoms with Crippen LogP contribution in [0.5, 0.6) is 0 Å². The van der Waals surface area contributed by atoms with Gasteiger partial charge in [0.1, 0.15) is 6.54 Å². The van der Waals surface area contributed by atoms with Crippen LogP contribution in [0.25, 0.3) is 11.3 Å². The third-order valence-electron chi connectivity index (χ3n) is 5.13. The van der Waals surface area contributed by atoms with Crippen molar-refractivity contribution in [2.75, 3.05) is 31.1 Å². The maximum Gasteiger partial charge on any atom is 0.267 e. The number of carbonyl (C=O) groups is 1. The molecule has 1 aliphatic heterocycles. The summed E-state index contributed by atoms with van der Waals surface area (Å²) in [6.07, 6.45) is 0. The molecular weight excluding hydrogens is 423 g/mol. The Morgan fingerprint density at radius 2 is 1.63 bits per heavy atom. The average Bonchev–Trinajstić information content (AvgIpc) is 2.78. The second kappa shape index (κ2) is 8.90. The Labute approximate surface area is 184 Å². The largest absolute Gasteiger partial charge is 0.367 e. The summed E-state index contributed by atoms with van der Waals surface area (Å²) in [5.41, 5.74) is 2.12. The quantitative estimate of drug-likeness (QED) is 0.619. The van der Waals surface area contributed by atoms with E-state index in [4.69, 9.17) is 23.2 Å². The molecule has 154 valence electrons. The lowest BCUT2D eigenvalue weighted by atomic mass is 10.1. The van der Waals surface area contributed by atoms with E-state index in [0.717, 1.165) is 11.3 Å². The fourth-order valence-electron chi connectivity index (χ4n) is 3.49. The van der Waals surface area contributed by atoms with Crippen molar-refractivity contribution in [3.8, 4) is 11.3 Å². The van der Waals surface area contributed by atoms with Gasteiger partial charge in [0.2, 0.25) is 5.91 Å². The molecule has 0 N–H and O–H groups in total. The van der Waals surface area contributed by atoms with E-state index in [1.807, 2.05) is 42.5 Å². The van der Waals surface area contributed by atoms with Crippen molar-refractivity contribution >= 4 is 34.8 Å². The Bertz CT molecular complexity index is 1110. The van der Waals surface area contributed by atoms with Crippen molar-refractivity contribution in [3.05, 3.63) is 81.1 Å². The van der Waals surface area contributed by atoms with Crippen molar-refractivity contribution in [2.45, 2.75) is 6.54 Å². The van der Waals surface area contributed by atoms with Crippen molar-refractivity contribution in [1.82, 2.24) is 14.7 Å². The van der Waals surface area contributed by atoms with Crippen LogP contribution in [0.2, 0.25) is 10.0 Å². The SMILES string of the molecule is O=C(Cn1nc(-c2ccccc2)ccc1=O)N1CCN(c2cccc(Cl)c2Cl)CC1. The first-order chi connectivity index (χ1) is 14.5. The second-order valence-corrected chi connectivity index (χ2v) is 7.81. The summed E-state index contributed by atoms with van der Waals surface area (Å²) in [4.78, 5) is 28.9. The minimum absolute atomic E-state index is 0.0859. The summed E-state index contributed by atoms with van der Waals surface area (Å²) in [5.74, 6) is -0.133. The number of carbonyl (C=O) groups excluding carboxylic acids is 1. The first-order valence-corrected chi connectivity index (χ1v) is 10.4. The molecule has 4 rings (SSSR count). The highest BCUT2D eigenvalue weighted by atomic mass is 35.5. The van der Waals surface area contributed by atoms with Gasteiger partial charge >= 0.3 is 0 Å². The van der Waals surface area contributed by atoms with Gasteiger partial charge in [0.25, 0.3) is 5.56 Å². The van der Waals surface area contributed by atoms with Crippen LogP contribution in [0.15, 0.2) is 65.5 Å². The van der Waals surface area contributed by atoms with Crippen LogP contribution >= 0.6 is 23.2 Å². The Morgan fingerprint density at radius 3 is 2.37 bits per heavy atom. The van der Waals surface area contributed by atoms with Gasteiger partial charge in [-0.1, -0.05) is 59.6 Å². The van der Waals surface area contributed by atoms with E-state index in [2.05, 4.69) is 10.00 Å². The molecule has 0 atom stereocenters. The average molecular weight is 443 g/mol. The molecule has 0 unspecified atom stereocenters. The fourth-order valence-corrected chi connectivity index (χ4v) is 3.90. The number of aromatic nitrogens is 2. The van der Waals surface area contributed by atoms with Gasteiger partial charge in [-0.15, -0.1) is 0 Å². The Balaban J connectivity index is 1.43. The number of nitrogens with zero attached hydrogens (tertiary/aromatic N) is 4. The number of hydrogen-bond acceptors (Lipinski definition) is 4. The van der Waals surface area contributed by atoms with Gasteiger partial charge in [0.15, 0.2) is 0 Å². The van der Waals surface area contributed by atoms with E-state index in [-0.39, 0.29) is 18.0 Å². The van der Waals surface area contributed by atoms with Crippen LogP contribution in [0.4, 0.5) is 5.69 Å². The van der Waals surface area contributed by atoms with Gasteiger partial charge in [-0.05, 0) is 18.2 Å². The summed E-state index contributed by atoms with van der Waals surface area (Å²) >= 11 is 12.4. The van der Waals surface area contributed by atoms with Crippen LogP contribution in [0.3, 0.4) is 0 Å². The van der Waals surface area contributed by atoms with Crippen molar-refractivity contribution < 1.29 is 4.79 Å². The third kappa shape index (κ3) is 4.35. The number of anilines is 1. The number of halogens is 2. The molecule has 0 aliphatic carbocycles.